The molecule has 0 saturated carbocycles. The van der Waals surface area contributed by atoms with Crippen LogP contribution in [0.2, 0.25) is 0 Å². The number of carbonyl (C=O) groups is 2. The number of fused-ring (bicyclic) bond motifs is 1. The predicted molar refractivity (Wildman–Crippen MR) is 111 cm³/mol. The van der Waals surface area contributed by atoms with Crippen molar-refractivity contribution in [1.29, 1.82) is 0 Å². The van der Waals surface area contributed by atoms with Gasteiger partial charge in [0.05, 0.1) is 16.8 Å². The smallest absolute Gasteiger partial charge is 0.340 e. The van der Waals surface area contributed by atoms with Crippen LogP contribution in [0, 0.1) is 20.8 Å². The molecule has 1 N–H and O–H groups in total. The maximum Gasteiger partial charge on any atom is 0.340 e. The van der Waals surface area contributed by atoms with Gasteiger partial charge in [-0.25, -0.2) is 4.79 Å². The van der Waals surface area contributed by atoms with Gasteiger partial charge in [0, 0.05) is 11.1 Å². The minimum Gasteiger partial charge on any atom is -0.452 e. The van der Waals surface area contributed by atoms with E-state index in [1.807, 2.05) is 70.2 Å². The van der Waals surface area contributed by atoms with Crippen molar-refractivity contribution in [3.05, 3.63) is 70.4 Å². The Morgan fingerprint density at radius 3 is 2.36 bits per heavy atom. The van der Waals surface area contributed by atoms with Crippen LogP contribution in [-0.4, -0.2) is 23.5 Å². The lowest BCUT2D eigenvalue weighted by atomic mass is 10.0. The van der Waals surface area contributed by atoms with Crippen molar-refractivity contribution in [1.82, 2.24) is 4.98 Å². The van der Waals surface area contributed by atoms with Crippen LogP contribution in [-0.2, 0) is 16.0 Å². The molecule has 0 bridgehead atoms. The van der Waals surface area contributed by atoms with Crippen LogP contribution >= 0.6 is 0 Å². The molecular formula is C23H24N2O3. The van der Waals surface area contributed by atoms with Gasteiger partial charge < -0.3 is 10.1 Å². The average Bonchev–Trinajstić information content (AvgIpc) is 2.69. The first kappa shape index (κ1) is 19.5. The third kappa shape index (κ3) is 3.88. The molecule has 0 aliphatic heterocycles. The molecule has 144 valence electrons. The molecule has 0 aliphatic rings. The Labute approximate surface area is 164 Å². The molecule has 2 aromatic carbocycles. The average molecular weight is 376 g/mol. The highest BCUT2D eigenvalue weighted by Crippen LogP contribution is 2.24. The van der Waals surface area contributed by atoms with Crippen LogP contribution in [0.15, 0.2) is 42.5 Å². The van der Waals surface area contributed by atoms with Gasteiger partial charge in [-0.3, -0.25) is 9.78 Å². The number of aromatic nitrogens is 1. The van der Waals surface area contributed by atoms with Gasteiger partial charge in [0.1, 0.15) is 0 Å². The SMILES string of the molecule is CCc1nc2ccccc2c(C)c1C(=O)OCC(=O)Nc1c(C)cccc1C. The lowest BCUT2D eigenvalue weighted by molar-refractivity contribution is -0.119. The van der Waals surface area contributed by atoms with Gasteiger partial charge in [-0.15, -0.1) is 0 Å². The summed E-state index contributed by atoms with van der Waals surface area (Å²) in [5, 5.41) is 3.74. The van der Waals surface area contributed by atoms with Crippen LogP contribution in [0.1, 0.15) is 39.7 Å². The third-order valence-electron chi connectivity index (χ3n) is 4.85. The number of esters is 1. The normalized spacial score (nSPS) is 10.7. The second-order valence-electron chi connectivity index (χ2n) is 6.82. The first-order valence-electron chi connectivity index (χ1n) is 9.33. The highest BCUT2D eigenvalue weighted by atomic mass is 16.5. The standard InChI is InChI=1S/C23H24N2O3/c1-5-18-21(16(4)17-11-6-7-12-19(17)24-18)23(27)28-13-20(26)25-22-14(2)9-8-10-15(22)3/h6-12H,5,13H2,1-4H3,(H,25,26). The molecule has 0 fully saturated rings. The number of carbonyl (C=O) groups excluding carboxylic acids is 2. The lowest BCUT2D eigenvalue weighted by Gasteiger charge is -2.14. The van der Waals surface area contributed by atoms with E-state index in [0.29, 0.717) is 17.7 Å². The Hall–Kier alpha value is -3.21. The summed E-state index contributed by atoms with van der Waals surface area (Å²) >= 11 is 0. The van der Waals surface area contributed by atoms with E-state index in [1.165, 1.54) is 0 Å². The minimum atomic E-state index is -0.524. The number of para-hydroxylation sites is 2. The molecule has 28 heavy (non-hydrogen) atoms. The summed E-state index contributed by atoms with van der Waals surface area (Å²) in [6, 6.07) is 13.5. The first-order valence-corrected chi connectivity index (χ1v) is 9.33. The Kier molecular flexibility index (Phi) is 5.73. The third-order valence-corrected chi connectivity index (χ3v) is 4.85. The topological polar surface area (TPSA) is 68.3 Å². The van der Waals surface area contributed by atoms with Crippen molar-refractivity contribution in [2.45, 2.75) is 34.1 Å². The molecule has 1 amide bonds. The molecule has 1 heterocycles. The molecular weight excluding hydrogens is 352 g/mol. The van der Waals surface area contributed by atoms with Crippen LogP contribution in [0.25, 0.3) is 10.9 Å². The number of hydrogen-bond acceptors (Lipinski definition) is 4. The number of benzene rings is 2. The predicted octanol–water partition coefficient (Wildman–Crippen LogP) is 4.52. The van der Waals surface area contributed by atoms with Gasteiger partial charge in [0.2, 0.25) is 0 Å². The van der Waals surface area contributed by atoms with Crippen molar-refractivity contribution >= 4 is 28.5 Å². The van der Waals surface area contributed by atoms with Crippen molar-refractivity contribution in [2.24, 2.45) is 0 Å². The van der Waals surface area contributed by atoms with Crippen LogP contribution < -0.4 is 5.32 Å². The van der Waals surface area contributed by atoms with E-state index in [-0.39, 0.29) is 12.5 Å². The zero-order valence-electron chi connectivity index (χ0n) is 16.6. The summed E-state index contributed by atoms with van der Waals surface area (Å²) in [6.45, 7) is 7.33. The Morgan fingerprint density at radius 1 is 1.00 bits per heavy atom. The fourth-order valence-electron chi connectivity index (χ4n) is 3.36. The van der Waals surface area contributed by atoms with Gasteiger partial charge in [0.25, 0.3) is 5.91 Å². The lowest BCUT2D eigenvalue weighted by Crippen LogP contribution is -2.23. The van der Waals surface area contributed by atoms with Crippen molar-refractivity contribution in [3.8, 4) is 0 Å². The Balaban J connectivity index is 1.78. The van der Waals surface area contributed by atoms with Crippen molar-refractivity contribution in [3.63, 3.8) is 0 Å². The molecule has 0 spiro atoms. The minimum absolute atomic E-state index is 0.345. The Morgan fingerprint density at radius 2 is 1.68 bits per heavy atom. The number of nitrogens with zero attached hydrogens (tertiary/aromatic N) is 1. The number of anilines is 1. The molecule has 0 aliphatic carbocycles. The number of nitrogens with one attached hydrogen (secondary N) is 1. The summed E-state index contributed by atoms with van der Waals surface area (Å²) < 4.78 is 5.32. The zero-order chi connectivity index (χ0) is 20.3. The number of amides is 1. The molecule has 5 nitrogen and oxygen atoms in total. The summed E-state index contributed by atoms with van der Waals surface area (Å²) in [5.41, 5.74) is 5.47. The van der Waals surface area contributed by atoms with E-state index in [0.717, 1.165) is 33.3 Å². The van der Waals surface area contributed by atoms with Gasteiger partial charge in [-0.1, -0.05) is 43.3 Å². The van der Waals surface area contributed by atoms with Gasteiger partial charge in [0.15, 0.2) is 6.61 Å². The Bertz CT molecular complexity index is 1040. The molecule has 3 aromatic rings. The molecule has 0 radical (unpaired) electrons. The van der Waals surface area contributed by atoms with E-state index >= 15 is 0 Å². The van der Waals surface area contributed by atoms with Crippen molar-refractivity contribution in [2.75, 3.05) is 11.9 Å². The molecule has 5 heteroatoms. The molecule has 0 atom stereocenters. The van der Waals surface area contributed by atoms with E-state index < -0.39 is 5.97 Å². The van der Waals surface area contributed by atoms with Crippen molar-refractivity contribution < 1.29 is 14.3 Å². The largest absolute Gasteiger partial charge is 0.452 e. The monoisotopic (exact) mass is 376 g/mol. The highest BCUT2D eigenvalue weighted by molar-refractivity contribution is 6.00. The number of pyridine rings is 1. The maximum atomic E-state index is 12.7. The van der Waals surface area contributed by atoms with E-state index in [9.17, 15) is 9.59 Å². The quantitative estimate of drug-likeness (QED) is 0.665. The molecule has 3 rings (SSSR count). The summed E-state index contributed by atoms with van der Waals surface area (Å²) in [6.07, 6.45) is 0.602. The van der Waals surface area contributed by atoms with Crippen LogP contribution in [0.4, 0.5) is 5.69 Å². The summed E-state index contributed by atoms with van der Waals surface area (Å²) in [5.74, 6) is -0.889. The number of aryl methyl sites for hydroxylation is 4. The number of ether oxygens (including phenoxy) is 1. The molecule has 0 unspecified atom stereocenters. The van der Waals surface area contributed by atoms with Crippen LogP contribution in [0.5, 0.6) is 0 Å². The summed E-state index contributed by atoms with van der Waals surface area (Å²) in [7, 11) is 0. The fraction of sp³-hybridized carbons (Fsp3) is 0.261. The van der Waals surface area contributed by atoms with Gasteiger partial charge in [-0.05, 0) is 49.9 Å². The molecule has 0 saturated heterocycles. The van der Waals surface area contributed by atoms with Crippen LogP contribution in [0.3, 0.4) is 0 Å². The first-order chi connectivity index (χ1) is 13.4. The highest BCUT2D eigenvalue weighted by Gasteiger charge is 2.20. The van der Waals surface area contributed by atoms with E-state index in [1.54, 1.807) is 0 Å². The second-order valence-corrected chi connectivity index (χ2v) is 6.82. The molecule has 1 aromatic heterocycles. The van der Waals surface area contributed by atoms with Gasteiger partial charge in [-0.2, -0.15) is 0 Å². The van der Waals surface area contributed by atoms with E-state index in [4.69, 9.17) is 4.74 Å². The zero-order valence-corrected chi connectivity index (χ0v) is 16.6. The maximum absolute atomic E-state index is 12.7. The fourth-order valence-corrected chi connectivity index (χ4v) is 3.36. The van der Waals surface area contributed by atoms with E-state index in [2.05, 4.69) is 10.3 Å². The number of rotatable bonds is 5. The number of hydrogen-bond donors (Lipinski definition) is 1. The van der Waals surface area contributed by atoms with Gasteiger partial charge >= 0.3 is 5.97 Å². The summed E-state index contributed by atoms with van der Waals surface area (Å²) in [4.78, 5) is 29.6. The second kappa shape index (κ2) is 8.21.